The molecule has 19 heavy (non-hydrogen) atoms. The number of morpholine rings is 1. The molecule has 1 heterocycles. The van der Waals surface area contributed by atoms with Crippen LogP contribution in [-0.2, 0) is 14.3 Å². The van der Waals surface area contributed by atoms with E-state index in [4.69, 9.17) is 9.47 Å². The maximum atomic E-state index is 12.2. The summed E-state index contributed by atoms with van der Waals surface area (Å²) in [7, 11) is 0. The molecule has 2 atom stereocenters. The van der Waals surface area contributed by atoms with Gasteiger partial charge in [-0.25, -0.2) is 4.79 Å². The van der Waals surface area contributed by atoms with E-state index in [0.717, 1.165) is 0 Å². The topological polar surface area (TPSA) is 67.9 Å². The van der Waals surface area contributed by atoms with Crippen molar-refractivity contribution >= 4 is 12.0 Å². The summed E-state index contributed by atoms with van der Waals surface area (Å²) >= 11 is 0. The second-order valence-electron chi connectivity index (χ2n) is 5.82. The average molecular weight is 272 g/mol. The highest BCUT2D eigenvalue weighted by Gasteiger charge is 2.29. The van der Waals surface area contributed by atoms with Crippen LogP contribution in [0.4, 0.5) is 4.79 Å². The molecule has 0 saturated carbocycles. The summed E-state index contributed by atoms with van der Waals surface area (Å²) in [5, 5.41) is 2.56. The van der Waals surface area contributed by atoms with Crippen molar-refractivity contribution < 1.29 is 19.1 Å². The van der Waals surface area contributed by atoms with Gasteiger partial charge < -0.3 is 19.7 Å². The SMILES string of the molecule is C[C@@H](NC(=O)OC(C)(C)C)C(=O)N1CCOC[C@@H]1C. The van der Waals surface area contributed by atoms with E-state index in [-0.39, 0.29) is 11.9 Å². The van der Waals surface area contributed by atoms with E-state index in [9.17, 15) is 9.59 Å². The number of nitrogens with zero attached hydrogens (tertiary/aromatic N) is 1. The molecule has 1 aliphatic heterocycles. The zero-order valence-corrected chi connectivity index (χ0v) is 12.4. The molecular formula is C13H24N2O4. The van der Waals surface area contributed by atoms with Gasteiger partial charge in [0.15, 0.2) is 0 Å². The largest absolute Gasteiger partial charge is 0.444 e. The fraction of sp³-hybridized carbons (Fsp3) is 0.846. The van der Waals surface area contributed by atoms with Gasteiger partial charge in [-0.3, -0.25) is 4.79 Å². The van der Waals surface area contributed by atoms with E-state index in [2.05, 4.69) is 5.32 Å². The lowest BCUT2D eigenvalue weighted by atomic mass is 10.2. The molecule has 1 saturated heterocycles. The Bertz CT molecular complexity index is 338. The summed E-state index contributed by atoms with van der Waals surface area (Å²) in [6.07, 6.45) is -0.575. The third-order valence-electron chi connectivity index (χ3n) is 2.75. The summed E-state index contributed by atoms with van der Waals surface area (Å²) < 4.78 is 10.4. The van der Waals surface area contributed by atoms with Crippen LogP contribution in [0.3, 0.4) is 0 Å². The number of rotatable bonds is 2. The predicted molar refractivity (Wildman–Crippen MR) is 70.8 cm³/mol. The third-order valence-corrected chi connectivity index (χ3v) is 2.75. The van der Waals surface area contributed by atoms with Gasteiger partial charge in [0, 0.05) is 6.54 Å². The van der Waals surface area contributed by atoms with E-state index in [1.54, 1.807) is 32.6 Å². The monoisotopic (exact) mass is 272 g/mol. The second kappa shape index (κ2) is 6.23. The number of carbonyl (C=O) groups is 2. The zero-order chi connectivity index (χ0) is 14.6. The number of ether oxygens (including phenoxy) is 2. The minimum absolute atomic E-state index is 0.0316. The van der Waals surface area contributed by atoms with Gasteiger partial charge in [-0.15, -0.1) is 0 Å². The molecule has 0 spiro atoms. The molecule has 0 aromatic rings. The van der Waals surface area contributed by atoms with Gasteiger partial charge in [-0.2, -0.15) is 0 Å². The van der Waals surface area contributed by atoms with Crippen LogP contribution >= 0.6 is 0 Å². The molecule has 0 bridgehead atoms. The number of hydrogen-bond donors (Lipinski definition) is 1. The maximum absolute atomic E-state index is 12.2. The number of alkyl carbamates (subject to hydrolysis) is 1. The first-order valence-corrected chi connectivity index (χ1v) is 6.58. The van der Waals surface area contributed by atoms with E-state index < -0.39 is 17.7 Å². The first-order chi connectivity index (χ1) is 8.70. The molecule has 6 nitrogen and oxygen atoms in total. The van der Waals surface area contributed by atoms with Gasteiger partial charge in [0.1, 0.15) is 11.6 Å². The van der Waals surface area contributed by atoms with Crippen molar-refractivity contribution in [3.63, 3.8) is 0 Å². The Hall–Kier alpha value is -1.30. The smallest absolute Gasteiger partial charge is 0.408 e. The summed E-state index contributed by atoms with van der Waals surface area (Å²) in [4.78, 5) is 25.5. The first kappa shape index (κ1) is 15.8. The number of nitrogens with one attached hydrogen (secondary N) is 1. The van der Waals surface area contributed by atoms with Crippen molar-refractivity contribution in [3.05, 3.63) is 0 Å². The van der Waals surface area contributed by atoms with Crippen molar-refractivity contribution in [1.82, 2.24) is 10.2 Å². The molecule has 110 valence electrons. The Morgan fingerprint density at radius 1 is 1.42 bits per heavy atom. The lowest BCUT2D eigenvalue weighted by molar-refractivity contribution is -0.140. The molecule has 6 heteroatoms. The lowest BCUT2D eigenvalue weighted by Crippen LogP contribution is -2.54. The third kappa shape index (κ3) is 5.06. The highest BCUT2D eigenvalue weighted by atomic mass is 16.6. The van der Waals surface area contributed by atoms with Crippen molar-refractivity contribution in [3.8, 4) is 0 Å². The molecule has 1 fully saturated rings. The molecule has 0 radical (unpaired) electrons. The first-order valence-electron chi connectivity index (χ1n) is 6.58. The van der Waals surface area contributed by atoms with E-state index in [1.165, 1.54) is 0 Å². The summed E-state index contributed by atoms with van der Waals surface area (Å²) in [6, 6.07) is -0.570. The minimum Gasteiger partial charge on any atom is -0.444 e. The van der Waals surface area contributed by atoms with Crippen LogP contribution in [0, 0.1) is 0 Å². The standard InChI is InChI=1S/C13H24N2O4/c1-9-8-18-7-6-15(9)11(16)10(2)14-12(17)19-13(3,4)5/h9-10H,6-8H2,1-5H3,(H,14,17)/t9-,10+/m0/s1. The molecule has 0 aliphatic carbocycles. The van der Waals surface area contributed by atoms with Gasteiger partial charge >= 0.3 is 6.09 Å². The Morgan fingerprint density at radius 2 is 2.05 bits per heavy atom. The molecule has 1 N–H and O–H groups in total. The Kier molecular flexibility index (Phi) is 5.17. The van der Waals surface area contributed by atoms with Crippen LogP contribution in [0.15, 0.2) is 0 Å². The van der Waals surface area contributed by atoms with E-state index in [0.29, 0.717) is 19.8 Å². The van der Waals surface area contributed by atoms with Crippen LogP contribution < -0.4 is 5.32 Å². The van der Waals surface area contributed by atoms with Crippen molar-refractivity contribution in [1.29, 1.82) is 0 Å². The quantitative estimate of drug-likeness (QED) is 0.818. The molecule has 1 aliphatic rings. The number of hydrogen-bond acceptors (Lipinski definition) is 4. The summed E-state index contributed by atoms with van der Waals surface area (Å²) in [5.41, 5.74) is -0.570. The maximum Gasteiger partial charge on any atom is 0.408 e. The lowest BCUT2D eigenvalue weighted by Gasteiger charge is -2.35. The highest BCUT2D eigenvalue weighted by Crippen LogP contribution is 2.10. The van der Waals surface area contributed by atoms with Gasteiger partial charge in [-0.1, -0.05) is 0 Å². The summed E-state index contributed by atoms with van der Waals surface area (Å²) in [6.45, 7) is 10.6. The normalized spacial score (nSPS) is 21.7. The molecule has 0 aromatic heterocycles. The fourth-order valence-corrected chi connectivity index (χ4v) is 1.85. The van der Waals surface area contributed by atoms with Gasteiger partial charge in [0.25, 0.3) is 0 Å². The van der Waals surface area contributed by atoms with Crippen LogP contribution in [0.5, 0.6) is 0 Å². The fourth-order valence-electron chi connectivity index (χ4n) is 1.85. The second-order valence-corrected chi connectivity index (χ2v) is 5.82. The van der Waals surface area contributed by atoms with Gasteiger partial charge in [0.05, 0.1) is 19.3 Å². The molecular weight excluding hydrogens is 248 g/mol. The van der Waals surface area contributed by atoms with Crippen molar-refractivity contribution in [2.45, 2.75) is 52.3 Å². The average Bonchev–Trinajstić information content (AvgIpc) is 2.26. The van der Waals surface area contributed by atoms with Gasteiger partial charge in [0.2, 0.25) is 5.91 Å². The Labute approximate surface area is 114 Å². The molecule has 0 aromatic carbocycles. The van der Waals surface area contributed by atoms with Crippen LogP contribution in [0.25, 0.3) is 0 Å². The molecule has 2 amide bonds. The predicted octanol–water partition coefficient (Wildman–Crippen LogP) is 1.15. The van der Waals surface area contributed by atoms with Crippen LogP contribution in [-0.4, -0.2) is 54.3 Å². The Balaban J connectivity index is 2.50. The summed E-state index contributed by atoms with van der Waals surface area (Å²) in [5.74, 6) is -0.110. The van der Waals surface area contributed by atoms with Gasteiger partial charge in [-0.05, 0) is 34.6 Å². The van der Waals surface area contributed by atoms with Crippen molar-refractivity contribution in [2.75, 3.05) is 19.8 Å². The minimum atomic E-state index is -0.601. The van der Waals surface area contributed by atoms with Crippen LogP contribution in [0.1, 0.15) is 34.6 Å². The zero-order valence-electron chi connectivity index (χ0n) is 12.4. The van der Waals surface area contributed by atoms with Crippen LogP contribution in [0.2, 0.25) is 0 Å². The highest BCUT2D eigenvalue weighted by molar-refractivity contribution is 5.85. The number of carbonyl (C=O) groups excluding carboxylic acids is 2. The van der Waals surface area contributed by atoms with E-state index >= 15 is 0 Å². The molecule has 0 unspecified atom stereocenters. The molecule has 1 rings (SSSR count). The Morgan fingerprint density at radius 3 is 2.58 bits per heavy atom. The van der Waals surface area contributed by atoms with Crippen molar-refractivity contribution in [2.24, 2.45) is 0 Å². The number of amides is 2. The van der Waals surface area contributed by atoms with E-state index in [1.807, 2.05) is 6.92 Å².